The Bertz CT molecular complexity index is 1280. The van der Waals surface area contributed by atoms with E-state index in [4.69, 9.17) is 8.22 Å². The summed E-state index contributed by atoms with van der Waals surface area (Å²) in [6, 6.07) is 0. The highest BCUT2D eigenvalue weighted by Gasteiger charge is 2.69. The van der Waals surface area contributed by atoms with Crippen LogP contribution in [0.2, 0.25) is 0 Å². The normalized spacial score (nSPS) is 35.6. The molecule has 0 aliphatic heterocycles. The largest absolute Gasteiger partial charge is 0.429 e. The van der Waals surface area contributed by atoms with Crippen LogP contribution in [0.4, 0.5) is 26.3 Å². The molecule has 3 rings (SSSR count). The quantitative estimate of drug-likeness (QED) is 0.155. The first-order valence-corrected chi connectivity index (χ1v) is 14.7. The van der Waals surface area contributed by atoms with Gasteiger partial charge in [0.05, 0.1) is 17.8 Å². The van der Waals surface area contributed by atoms with Crippen molar-refractivity contribution in [3.63, 3.8) is 0 Å². The maximum atomic E-state index is 13.5. The van der Waals surface area contributed by atoms with E-state index in [1.165, 1.54) is 0 Å². The molecule has 3 saturated carbocycles. The summed E-state index contributed by atoms with van der Waals surface area (Å²) in [7, 11) is 0. The molecule has 4 nitrogen and oxygen atoms in total. The molecule has 0 aromatic heterocycles. The molecular weight excluding hydrogens is 574 g/mol. The third-order valence-corrected chi connectivity index (χ3v) is 10.2. The van der Waals surface area contributed by atoms with Gasteiger partial charge >= 0.3 is 12.4 Å². The van der Waals surface area contributed by atoms with Crippen molar-refractivity contribution in [2.45, 2.75) is 134 Å². The SMILES string of the molecule is [2H]C([2H])([2H])C(O)(CCC[C@@](C)(CC=CC(O)(C(F)(F)F)C(F)(F)F)[C@H]1CCC2C(=CC=C3C[C@@H](O)C[C@H](O)C3=C)CCC[C@@]21C)C([2H])([2H])[2H]. The second-order valence-corrected chi connectivity index (χ2v) is 13.3. The summed E-state index contributed by atoms with van der Waals surface area (Å²) < 4.78 is 127. The van der Waals surface area contributed by atoms with Gasteiger partial charge in [-0.3, -0.25) is 0 Å². The second-order valence-electron chi connectivity index (χ2n) is 13.3. The molecule has 1 unspecified atom stereocenters. The van der Waals surface area contributed by atoms with Crippen molar-refractivity contribution in [2.75, 3.05) is 0 Å². The Kier molecular flexibility index (Phi) is 8.14. The summed E-state index contributed by atoms with van der Waals surface area (Å²) in [5, 5.41) is 41.0. The number of hydrogen-bond acceptors (Lipinski definition) is 4. The molecule has 6 atom stereocenters. The van der Waals surface area contributed by atoms with Gasteiger partial charge in [0, 0.05) is 14.6 Å². The molecule has 4 N–H and O–H groups in total. The topological polar surface area (TPSA) is 80.9 Å². The summed E-state index contributed by atoms with van der Waals surface area (Å²) in [6.07, 6.45) is -7.24. The number of hydrogen-bond donors (Lipinski definition) is 4. The van der Waals surface area contributed by atoms with E-state index in [9.17, 15) is 46.8 Å². The van der Waals surface area contributed by atoms with E-state index in [2.05, 4.69) is 6.58 Å². The highest BCUT2D eigenvalue weighted by Crippen LogP contribution is 2.64. The van der Waals surface area contributed by atoms with Crippen molar-refractivity contribution in [1.82, 2.24) is 0 Å². The first kappa shape index (κ1) is 27.7. The molecule has 0 bridgehead atoms. The van der Waals surface area contributed by atoms with Crippen LogP contribution in [0.5, 0.6) is 0 Å². The Morgan fingerprint density at radius 1 is 1.02 bits per heavy atom. The number of rotatable bonds is 9. The average Bonchev–Trinajstić information content (AvgIpc) is 3.29. The lowest BCUT2D eigenvalue weighted by molar-refractivity contribution is -0.347. The predicted octanol–water partition coefficient (Wildman–Crippen LogP) is 7.88. The van der Waals surface area contributed by atoms with Crippen molar-refractivity contribution in [2.24, 2.45) is 22.7 Å². The van der Waals surface area contributed by atoms with Gasteiger partial charge < -0.3 is 20.4 Å². The lowest BCUT2D eigenvalue weighted by Gasteiger charge is -2.49. The molecular formula is C33H48F6O4. The number of aliphatic hydroxyl groups is 4. The Morgan fingerprint density at radius 2 is 1.67 bits per heavy atom. The molecule has 3 aliphatic rings. The molecule has 0 amide bonds. The van der Waals surface area contributed by atoms with E-state index in [0.29, 0.717) is 42.9 Å². The first-order chi connectivity index (χ1) is 22.0. The molecule has 10 heteroatoms. The van der Waals surface area contributed by atoms with Crippen LogP contribution in [-0.2, 0) is 0 Å². The molecule has 0 aromatic rings. The summed E-state index contributed by atoms with van der Waals surface area (Å²) in [6.45, 7) is 1.00. The number of alkyl halides is 6. The van der Waals surface area contributed by atoms with Gasteiger partial charge in [0.2, 0.25) is 0 Å². The van der Waals surface area contributed by atoms with Gasteiger partial charge in [-0.25, -0.2) is 0 Å². The van der Waals surface area contributed by atoms with E-state index >= 15 is 0 Å². The van der Waals surface area contributed by atoms with Crippen LogP contribution in [0.1, 0.15) is 106 Å². The maximum absolute atomic E-state index is 13.5. The van der Waals surface area contributed by atoms with Crippen molar-refractivity contribution >= 4 is 0 Å². The third kappa shape index (κ3) is 7.79. The Hall–Kier alpha value is -1.62. The summed E-state index contributed by atoms with van der Waals surface area (Å²) in [4.78, 5) is 0. The minimum Gasteiger partial charge on any atom is -0.393 e. The minimum absolute atomic E-state index is 0.0338. The lowest BCUT2D eigenvalue weighted by Crippen LogP contribution is -2.55. The monoisotopic (exact) mass is 628 g/mol. The highest BCUT2D eigenvalue weighted by atomic mass is 19.4. The summed E-state index contributed by atoms with van der Waals surface area (Å²) >= 11 is 0. The number of fused-ring (bicyclic) bond motifs is 1. The standard InChI is InChI=1S/C33H48F6O4/c1-21-23(19-24(40)20-26(21)41)11-10-22-9-6-17-30(5)25(22)12-13-27(30)29(4,15-7-14-28(2,3)42)16-8-18-31(43,32(34,35)36)33(37,38)39/h8,10-11,18,24-27,40-43H,1,6-7,9,12-17,19-20H2,2-5H3/t24-,25?,26+,27-,29+,30+/m1/s1/i2D3,3D3. The van der Waals surface area contributed by atoms with Gasteiger partial charge in [-0.2, -0.15) is 26.3 Å². The second kappa shape index (κ2) is 12.6. The molecule has 43 heavy (non-hydrogen) atoms. The van der Waals surface area contributed by atoms with Gasteiger partial charge in [0.1, 0.15) is 0 Å². The molecule has 0 spiro atoms. The van der Waals surface area contributed by atoms with Crippen LogP contribution < -0.4 is 0 Å². The molecule has 3 aliphatic carbocycles. The Morgan fingerprint density at radius 3 is 2.28 bits per heavy atom. The van der Waals surface area contributed by atoms with E-state index in [0.717, 1.165) is 18.4 Å². The number of halogens is 6. The fourth-order valence-corrected chi connectivity index (χ4v) is 7.86. The zero-order chi connectivity index (χ0) is 37.6. The smallest absolute Gasteiger partial charge is 0.393 e. The fourth-order valence-electron chi connectivity index (χ4n) is 7.86. The highest BCUT2D eigenvalue weighted by molar-refractivity contribution is 5.38. The van der Waals surface area contributed by atoms with E-state index in [-0.39, 0.29) is 43.6 Å². The van der Waals surface area contributed by atoms with E-state index < -0.39 is 66.7 Å². The van der Waals surface area contributed by atoms with Crippen molar-refractivity contribution in [3.8, 4) is 0 Å². The van der Waals surface area contributed by atoms with E-state index in [1.54, 1.807) is 6.92 Å². The molecule has 0 radical (unpaired) electrons. The van der Waals surface area contributed by atoms with Crippen molar-refractivity contribution < 1.29 is 55.0 Å². The van der Waals surface area contributed by atoms with Crippen LogP contribution in [0.15, 0.2) is 47.6 Å². The van der Waals surface area contributed by atoms with Crippen LogP contribution in [0, 0.1) is 22.7 Å². The zero-order valence-corrected chi connectivity index (χ0v) is 24.7. The number of allylic oxidation sites excluding steroid dienone is 4. The fraction of sp³-hybridized carbons (Fsp3) is 0.758. The summed E-state index contributed by atoms with van der Waals surface area (Å²) in [5.41, 5.74) is -7.54. The Labute approximate surface area is 259 Å². The molecule has 0 aromatic carbocycles. The van der Waals surface area contributed by atoms with Crippen LogP contribution >= 0.6 is 0 Å². The average molecular weight is 629 g/mol. The summed E-state index contributed by atoms with van der Waals surface area (Å²) in [5.74, 6) is -0.375. The lowest BCUT2D eigenvalue weighted by atomic mass is 9.55. The van der Waals surface area contributed by atoms with Crippen LogP contribution in [0.3, 0.4) is 0 Å². The molecule has 0 heterocycles. The first-order valence-electron chi connectivity index (χ1n) is 17.7. The van der Waals surface area contributed by atoms with Gasteiger partial charge in [0.25, 0.3) is 5.60 Å². The van der Waals surface area contributed by atoms with Crippen molar-refractivity contribution in [3.05, 3.63) is 47.6 Å². The predicted molar refractivity (Wildman–Crippen MR) is 154 cm³/mol. The molecule has 0 saturated heterocycles. The van der Waals surface area contributed by atoms with Gasteiger partial charge in [-0.05, 0) is 111 Å². The zero-order valence-electron chi connectivity index (χ0n) is 30.7. The minimum atomic E-state index is -6.06. The van der Waals surface area contributed by atoms with Gasteiger partial charge in [0.15, 0.2) is 0 Å². The van der Waals surface area contributed by atoms with Crippen LogP contribution in [0.25, 0.3) is 0 Å². The van der Waals surface area contributed by atoms with E-state index in [1.807, 2.05) is 19.1 Å². The van der Waals surface area contributed by atoms with Gasteiger partial charge in [-0.1, -0.05) is 50.6 Å². The van der Waals surface area contributed by atoms with Crippen LogP contribution in [-0.4, -0.2) is 56.2 Å². The Balaban J connectivity index is 2.01. The number of aliphatic hydroxyl groups excluding tert-OH is 2. The van der Waals surface area contributed by atoms with Gasteiger partial charge in [-0.15, -0.1) is 0 Å². The molecule has 246 valence electrons. The maximum Gasteiger partial charge on any atom is 0.429 e. The van der Waals surface area contributed by atoms with Crippen molar-refractivity contribution in [1.29, 1.82) is 0 Å². The molecule has 3 fully saturated rings. The third-order valence-electron chi connectivity index (χ3n) is 10.2.